The van der Waals surface area contributed by atoms with Gasteiger partial charge in [0.15, 0.2) is 0 Å². The van der Waals surface area contributed by atoms with Crippen LogP contribution in [0.1, 0.15) is 38.8 Å². The van der Waals surface area contributed by atoms with Crippen LogP contribution in [0.15, 0.2) is 30.4 Å². The summed E-state index contributed by atoms with van der Waals surface area (Å²) in [6.07, 6.45) is 0. The molecule has 1 aromatic rings. The maximum atomic E-state index is 11.5. The number of benzene rings is 1. The highest BCUT2D eigenvalue weighted by Crippen LogP contribution is 2.32. The molecule has 1 aromatic carbocycles. The topological polar surface area (TPSA) is 35.5 Å². The third-order valence-electron chi connectivity index (χ3n) is 2.91. The van der Waals surface area contributed by atoms with Crippen molar-refractivity contribution in [2.75, 3.05) is 13.2 Å². The van der Waals surface area contributed by atoms with E-state index in [-0.39, 0.29) is 12.0 Å². The molecule has 0 N–H and O–H groups in total. The Labute approximate surface area is 121 Å². The van der Waals surface area contributed by atoms with Gasteiger partial charge >= 0.3 is 5.97 Å². The number of ether oxygens (including phenoxy) is 2. The van der Waals surface area contributed by atoms with Crippen molar-refractivity contribution in [1.29, 1.82) is 0 Å². The van der Waals surface area contributed by atoms with E-state index in [0.29, 0.717) is 12.2 Å². The van der Waals surface area contributed by atoms with Crippen molar-refractivity contribution < 1.29 is 14.3 Å². The largest absolute Gasteiger partial charge is 0.488 e. The summed E-state index contributed by atoms with van der Waals surface area (Å²) in [4.78, 5) is 11.5. The number of carbonyl (C=O) groups excluding carboxylic acids is 1. The Balaban J connectivity index is 2.85. The Morgan fingerprint density at radius 3 is 2.50 bits per heavy atom. The lowest BCUT2D eigenvalue weighted by Crippen LogP contribution is -2.17. The van der Waals surface area contributed by atoms with E-state index in [1.807, 2.05) is 13.0 Å². The van der Waals surface area contributed by atoms with E-state index in [9.17, 15) is 4.79 Å². The third kappa shape index (κ3) is 4.41. The lowest BCUT2D eigenvalue weighted by molar-refractivity contribution is -0.138. The Morgan fingerprint density at radius 1 is 1.30 bits per heavy atom. The second-order valence-electron chi connectivity index (χ2n) is 5.86. The summed E-state index contributed by atoms with van der Waals surface area (Å²) in [5, 5.41) is 0. The van der Waals surface area contributed by atoms with Gasteiger partial charge in [-0.1, -0.05) is 39.5 Å². The van der Waals surface area contributed by atoms with Crippen LogP contribution < -0.4 is 4.74 Å². The Morgan fingerprint density at radius 2 is 1.95 bits per heavy atom. The molecule has 0 aromatic heterocycles. The van der Waals surface area contributed by atoms with Gasteiger partial charge in [-0.05, 0) is 36.5 Å². The van der Waals surface area contributed by atoms with Gasteiger partial charge in [-0.3, -0.25) is 0 Å². The van der Waals surface area contributed by atoms with Crippen molar-refractivity contribution in [2.45, 2.75) is 40.0 Å². The average molecular weight is 276 g/mol. The predicted octanol–water partition coefficient (Wildman–Crippen LogP) is 3.79. The van der Waals surface area contributed by atoms with Gasteiger partial charge in [0.1, 0.15) is 12.4 Å². The molecular weight excluding hydrogens is 252 g/mol. The second kappa shape index (κ2) is 6.60. The normalized spacial score (nSPS) is 11.1. The minimum absolute atomic E-state index is 0.0195. The van der Waals surface area contributed by atoms with Crippen LogP contribution in [0.5, 0.6) is 5.75 Å². The van der Waals surface area contributed by atoms with E-state index in [1.54, 1.807) is 6.92 Å². The lowest BCUT2D eigenvalue weighted by atomic mass is 9.86. The van der Waals surface area contributed by atoms with Gasteiger partial charge in [0, 0.05) is 0 Å². The molecule has 3 heteroatoms. The van der Waals surface area contributed by atoms with Crippen molar-refractivity contribution in [2.24, 2.45) is 0 Å². The summed E-state index contributed by atoms with van der Waals surface area (Å²) in [6, 6.07) is 6.12. The van der Waals surface area contributed by atoms with Crippen LogP contribution >= 0.6 is 0 Å². The maximum Gasteiger partial charge on any atom is 0.336 e. The molecule has 3 nitrogen and oxygen atoms in total. The summed E-state index contributed by atoms with van der Waals surface area (Å²) in [5.41, 5.74) is 2.54. The first-order valence-corrected chi connectivity index (χ1v) is 6.84. The van der Waals surface area contributed by atoms with E-state index in [2.05, 4.69) is 39.5 Å². The number of carbonyl (C=O) groups is 1. The Bertz CT molecular complexity index is 495. The van der Waals surface area contributed by atoms with Gasteiger partial charge in [0.25, 0.3) is 0 Å². The molecule has 0 atom stereocenters. The first-order chi connectivity index (χ1) is 9.25. The predicted molar refractivity (Wildman–Crippen MR) is 81.1 cm³/mol. The standard InChI is InChI=1S/C17H24O3/c1-7-19-16(18)13(3)11-20-15-10-12(2)8-9-14(15)17(4,5)6/h8-10H,3,7,11H2,1-2,4-6H3. The molecule has 0 saturated heterocycles. The molecule has 110 valence electrons. The fraction of sp³-hybridized carbons (Fsp3) is 0.471. The summed E-state index contributed by atoms with van der Waals surface area (Å²) < 4.78 is 10.7. The van der Waals surface area contributed by atoms with Crippen LogP contribution in [0, 0.1) is 6.92 Å². The molecule has 0 saturated carbocycles. The summed E-state index contributed by atoms with van der Waals surface area (Å²) in [6.45, 7) is 14.4. The minimum atomic E-state index is -0.405. The fourth-order valence-corrected chi connectivity index (χ4v) is 1.83. The van der Waals surface area contributed by atoms with Crippen LogP contribution in [0.4, 0.5) is 0 Å². The molecule has 0 aliphatic rings. The van der Waals surface area contributed by atoms with Crippen LogP contribution in [0.25, 0.3) is 0 Å². The van der Waals surface area contributed by atoms with Crippen molar-refractivity contribution in [3.63, 3.8) is 0 Å². The van der Waals surface area contributed by atoms with E-state index in [1.165, 1.54) is 0 Å². The molecule has 0 radical (unpaired) electrons. The molecule has 0 aliphatic carbocycles. The van der Waals surface area contributed by atoms with Crippen molar-refractivity contribution >= 4 is 5.97 Å². The van der Waals surface area contributed by atoms with Crippen molar-refractivity contribution in [1.82, 2.24) is 0 Å². The van der Waals surface area contributed by atoms with Crippen LogP contribution in [-0.2, 0) is 14.9 Å². The van der Waals surface area contributed by atoms with Gasteiger partial charge in [-0.25, -0.2) is 4.79 Å². The van der Waals surface area contributed by atoms with Gasteiger partial charge in [0.05, 0.1) is 12.2 Å². The summed E-state index contributed by atoms with van der Waals surface area (Å²) in [5.74, 6) is 0.389. The Kier molecular flexibility index (Phi) is 5.37. The van der Waals surface area contributed by atoms with Crippen LogP contribution in [0.3, 0.4) is 0 Å². The highest BCUT2D eigenvalue weighted by atomic mass is 16.5. The number of rotatable bonds is 5. The van der Waals surface area contributed by atoms with Gasteiger partial charge < -0.3 is 9.47 Å². The highest BCUT2D eigenvalue weighted by Gasteiger charge is 2.19. The lowest BCUT2D eigenvalue weighted by Gasteiger charge is -2.23. The first-order valence-electron chi connectivity index (χ1n) is 6.84. The minimum Gasteiger partial charge on any atom is -0.488 e. The fourth-order valence-electron chi connectivity index (χ4n) is 1.83. The monoisotopic (exact) mass is 276 g/mol. The van der Waals surface area contributed by atoms with Gasteiger partial charge in [0.2, 0.25) is 0 Å². The molecule has 0 bridgehead atoms. The highest BCUT2D eigenvalue weighted by molar-refractivity contribution is 5.88. The first kappa shape index (κ1) is 16.3. The smallest absolute Gasteiger partial charge is 0.336 e. The van der Waals surface area contributed by atoms with Crippen LogP contribution in [0.2, 0.25) is 0 Å². The molecule has 20 heavy (non-hydrogen) atoms. The van der Waals surface area contributed by atoms with Crippen LogP contribution in [-0.4, -0.2) is 19.2 Å². The summed E-state index contributed by atoms with van der Waals surface area (Å²) >= 11 is 0. The molecule has 0 spiro atoms. The van der Waals surface area contributed by atoms with Crippen molar-refractivity contribution in [3.05, 3.63) is 41.5 Å². The zero-order chi connectivity index (χ0) is 15.3. The number of aryl methyl sites for hydroxylation is 1. The molecular formula is C17H24O3. The van der Waals surface area contributed by atoms with E-state index >= 15 is 0 Å². The maximum absolute atomic E-state index is 11.5. The Hall–Kier alpha value is -1.77. The zero-order valence-corrected chi connectivity index (χ0v) is 13.1. The van der Waals surface area contributed by atoms with Gasteiger partial charge in [-0.15, -0.1) is 0 Å². The quantitative estimate of drug-likeness (QED) is 0.606. The van der Waals surface area contributed by atoms with E-state index in [4.69, 9.17) is 9.47 Å². The SMILES string of the molecule is C=C(COc1cc(C)ccc1C(C)(C)C)C(=O)OCC. The van der Waals surface area contributed by atoms with Gasteiger partial charge in [-0.2, -0.15) is 0 Å². The zero-order valence-electron chi connectivity index (χ0n) is 13.1. The molecule has 0 aliphatic heterocycles. The summed E-state index contributed by atoms with van der Waals surface area (Å²) in [7, 11) is 0. The van der Waals surface area contributed by atoms with Crippen molar-refractivity contribution in [3.8, 4) is 5.75 Å². The molecule has 0 amide bonds. The van der Waals surface area contributed by atoms with E-state index < -0.39 is 5.97 Å². The molecule has 1 rings (SSSR count). The molecule has 0 fully saturated rings. The van der Waals surface area contributed by atoms with E-state index in [0.717, 1.165) is 16.9 Å². The second-order valence-corrected chi connectivity index (χ2v) is 5.86. The number of hydrogen-bond acceptors (Lipinski definition) is 3. The molecule has 0 unspecified atom stereocenters. The number of esters is 1. The molecule has 0 heterocycles. The number of hydrogen-bond donors (Lipinski definition) is 0. The average Bonchev–Trinajstić information content (AvgIpc) is 2.34. The third-order valence-corrected chi connectivity index (χ3v) is 2.91.